The van der Waals surface area contributed by atoms with Crippen molar-refractivity contribution in [2.24, 2.45) is 0 Å². The number of benzene rings is 1. The Morgan fingerprint density at radius 2 is 2.22 bits per heavy atom. The van der Waals surface area contributed by atoms with Gasteiger partial charge in [0.25, 0.3) is 0 Å². The predicted molar refractivity (Wildman–Crippen MR) is 88.9 cm³/mol. The first-order chi connectivity index (χ1) is 11.3. The van der Waals surface area contributed by atoms with E-state index in [0.29, 0.717) is 12.3 Å². The fraction of sp³-hybridized carbons (Fsp3) is 0.471. The molecule has 3 rings (SSSR count). The van der Waals surface area contributed by atoms with Gasteiger partial charge in [0.15, 0.2) is 5.82 Å². The average Bonchev–Trinajstić information content (AvgIpc) is 3.11. The quantitative estimate of drug-likeness (QED) is 0.882. The number of hydrogen-bond acceptors (Lipinski definition) is 4. The number of nitrogens with one attached hydrogen (secondary N) is 2. The van der Waals surface area contributed by atoms with Gasteiger partial charge in [0.2, 0.25) is 5.91 Å². The summed E-state index contributed by atoms with van der Waals surface area (Å²) in [5.41, 5.74) is 1.03. The highest BCUT2D eigenvalue weighted by Crippen LogP contribution is 2.26. The van der Waals surface area contributed by atoms with Gasteiger partial charge in [0.05, 0.1) is 0 Å². The van der Waals surface area contributed by atoms with Crippen molar-refractivity contribution in [3.05, 3.63) is 36.2 Å². The molecule has 1 aliphatic rings. The molecule has 6 heteroatoms. The van der Waals surface area contributed by atoms with Gasteiger partial charge in [-0.3, -0.25) is 9.89 Å². The highest BCUT2D eigenvalue weighted by atomic mass is 16.1. The van der Waals surface area contributed by atoms with Crippen LogP contribution in [0.2, 0.25) is 0 Å². The zero-order valence-electron chi connectivity index (χ0n) is 13.5. The van der Waals surface area contributed by atoms with E-state index in [1.807, 2.05) is 30.3 Å². The number of amides is 1. The number of aromatic amines is 1. The lowest BCUT2D eigenvalue weighted by Gasteiger charge is -2.31. The van der Waals surface area contributed by atoms with Crippen LogP contribution in [0.4, 0.5) is 0 Å². The number of H-pyrrole nitrogens is 1. The summed E-state index contributed by atoms with van der Waals surface area (Å²) in [6.07, 6.45) is 2.79. The van der Waals surface area contributed by atoms with Gasteiger partial charge in [-0.2, -0.15) is 5.10 Å². The largest absolute Gasteiger partial charge is 0.359 e. The SMILES string of the molecule is CNC(=O)CCN1CCC[C@@H](c2nc(-c3ccccc3)n[nH]2)C1. The maximum Gasteiger partial charge on any atom is 0.221 e. The van der Waals surface area contributed by atoms with Gasteiger partial charge in [-0.15, -0.1) is 0 Å². The summed E-state index contributed by atoms with van der Waals surface area (Å²) >= 11 is 0. The highest BCUT2D eigenvalue weighted by molar-refractivity contribution is 5.75. The topological polar surface area (TPSA) is 73.9 Å². The molecule has 0 bridgehead atoms. The van der Waals surface area contributed by atoms with E-state index in [0.717, 1.165) is 49.7 Å². The van der Waals surface area contributed by atoms with Crippen molar-refractivity contribution in [2.45, 2.75) is 25.2 Å². The Morgan fingerprint density at radius 1 is 1.39 bits per heavy atom. The van der Waals surface area contributed by atoms with Crippen molar-refractivity contribution in [1.29, 1.82) is 0 Å². The second kappa shape index (κ2) is 7.37. The first-order valence-corrected chi connectivity index (χ1v) is 8.17. The number of carbonyl (C=O) groups excluding carboxylic acids is 1. The second-order valence-corrected chi connectivity index (χ2v) is 5.97. The molecule has 122 valence electrons. The molecule has 2 aromatic rings. The molecule has 1 atom stereocenters. The summed E-state index contributed by atoms with van der Waals surface area (Å²) < 4.78 is 0. The van der Waals surface area contributed by atoms with Gasteiger partial charge < -0.3 is 10.2 Å². The molecule has 1 aliphatic heterocycles. The van der Waals surface area contributed by atoms with E-state index < -0.39 is 0 Å². The fourth-order valence-electron chi connectivity index (χ4n) is 3.04. The van der Waals surface area contributed by atoms with Crippen molar-refractivity contribution in [3.63, 3.8) is 0 Å². The number of likely N-dealkylation sites (tertiary alicyclic amines) is 1. The molecule has 1 aromatic carbocycles. The molecule has 0 aliphatic carbocycles. The minimum Gasteiger partial charge on any atom is -0.359 e. The van der Waals surface area contributed by atoms with Crippen LogP contribution in [0.25, 0.3) is 11.4 Å². The number of rotatable bonds is 5. The third-order valence-electron chi connectivity index (χ3n) is 4.36. The first-order valence-electron chi connectivity index (χ1n) is 8.17. The van der Waals surface area contributed by atoms with Gasteiger partial charge >= 0.3 is 0 Å². The van der Waals surface area contributed by atoms with Crippen molar-refractivity contribution in [1.82, 2.24) is 25.4 Å². The molecular weight excluding hydrogens is 290 g/mol. The molecule has 0 saturated carbocycles. The van der Waals surface area contributed by atoms with Crippen LogP contribution >= 0.6 is 0 Å². The lowest BCUT2D eigenvalue weighted by molar-refractivity contribution is -0.121. The summed E-state index contributed by atoms with van der Waals surface area (Å²) in [6.45, 7) is 2.78. The van der Waals surface area contributed by atoms with Crippen LogP contribution in [0.5, 0.6) is 0 Å². The van der Waals surface area contributed by atoms with E-state index in [2.05, 4.69) is 25.4 Å². The zero-order valence-corrected chi connectivity index (χ0v) is 13.5. The lowest BCUT2D eigenvalue weighted by atomic mass is 9.97. The predicted octanol–water partition coefficient (Wildman–Crippen LogP) is 1.79. The molecule has 1 fully saturated rings. The van der Waals surface area contributed by atoms with Crippen LogP contribution in [0.15, 0.2) is 30.3 Å². The van der Waals surface area contributed by atoms with Crippen molar-refractivity contribution >= 4 is 5.91 Å². The van der Waals surface area contributed by atoms with E-state index in [-0.39, 0.29) is 5.91 Å². The van der Waals surface area contributed by atoms with Crippen LogP contribution in [-0.2, 0) is 4.79 Å². The number of aromatic nitrogens is 3. The Morgan fingerprint density at radius 3 is 3.00 bits per heavy atom. The number of carbonyl (C=O) groups is 1. The maximum absolute atomic E-state index is 11.4. The molecule has 1 aromatic heterocycles. The molecule has 0 spiro atoms. The fourth-order valence-corrected chi connectivity index (χ4v) is 3.04. The molecule has 0 radical (unpaired) electrons. The van der Waals surface area contributed by atoms with Gasteiger partial charge in [-0.25, -0.2) is 4.98 Å². The third-order valence-corrected chi connectivity index (χ3v) is 4.36. The summed E-state index contributed by atoms with van der Waals surface area (Å²) in [7, 11) is 1.68. The van der Waals surface area contributed by atoms with Crippen molar-refractivity contribution in [2.75, 3.05) is 26.7 Å². The molecule has 1 saturated heterocycles. The minimum absolute atomic E-state index is 0.0955. The van der Waals surface area contributed by atoms with Crippen LogP contribution in [-0.4, -0.2) is 52.7 Å². The van der Waals surface area contributed by atoms with E-state index >= 15 is 0 Å². The molecule has 2 N–H and O–H groups in total. The molecule has 2 heterocycles. The first kappa shape index (κ1) is 15.7. The standard InChI is InChI=1S/C17H23N5O/c1-18-15(23)9-11-22-10-5-8-14(12-22)17-19-16(20-21-17)13-6-3-2-4-7-13/h2-4,6-7,14H,5,8-12H2,1H3,(H,18,23)(H,19,20,21)/t14-/m1/s1. The van der Waals surface area contributed by atoms with E-state index in [9.17, 15) is 4.79 Å². The smallest absolute Gasteiger partial charge is 0.221 e. The number of nitrogens with zero attached hydrogens (tertiary/aromatic N) is 3. The lowest BCUT2D eigenvalue weighted by Crippen LogP contribution is -2.37. The highest BCUT2D eigenvalue weighted by Gasteiger charge is 2.24. The maximum atomic E-state index is 11.4. The third kappa shape index (κ3) is 3.96. The number of piperidine rings is 1. The van der Waals surface area contributed by atoms with Crippen LogP contribution < -0.4 is 5.32 Å². The summed E-state index contributed by atoms with van der Waals surface area (Å²) in [5, 5.41) is 10.1. The van der Waals surface area contributed by atoms with E-state index in [4.69, 9.17) is 0 Å². The van der Waals surface area contributed by atoms with Crippen molar-refractivity contribution in [3.8, 4) is 11.4 Å². The van der Waals surface area contributed by atoms with Gasteiger partial charge in [0, 0.05) is 38.0 Å². The monoisotopic (exact) mass is 313 g/mol. The average molecular weight is 313 g/mol. The zero-order chi connectivity index (χ0) is 16.1. The summed E-state index contributed by atoms with van der Waals surface area (Å²) in [4.78, 5) is 18.4. The van der Waals surface area contributed by atoms with Gasteiger partial charge in [-0.05, 0) is 19.4 Å². The van der Waals surface area contributed by atoms with Gasteiger partial charge in [-0.1, -0.05) is 30.3 Å². The number of hydrogen-bond donors (Lipinski definition) is 2. The van der Waals surface area contributed by atoms with Crippen LogP contribution in [0, 0.1) is 0 Å². The van der Waals surface area contributed by atoms with Gasteiger partial charge in [0.1, 0.15) is 5.82 Å². The second-order valence-electron chi connectivity index (χ2n) is 5.97. The molecule has 23 heavy (non-hydrogen) atoms. The molecule has 6 nitrogen and oxygen atoms in total. The normalized spacial score (nSPS) is 18.7. The summed E-state index contributed by atoms with van der Waals surface area (Å²) in [5.74, 6) is 2.16. The molecule has 1 amide bonds. The molecule has 0 unspecified atom stereocenters. The Hall–Kier alpha value is -2.21. The minimum atomic E-state index is 0.0955. The Labute approximate surface area is 136 Å². The van der Waals surface area contributed by atoms with Crippen LogP contribution in [0.3, 0.4) is 0 Å². The van der Waals surface area contributed by atoms with E-state index in [1.54, 1.807) is 7.05 Å². The molecular formula is C17H23N5O. The van der Waals surface area contributed by atoms with Crippen molar-refractivity contribution < 1.29 is 4.79 Å². The Balaban J connectivity index is 1.63. The Bertz CT molecular complexity index is 639. The van der Waals surface area contributed by atoms with E-state index in [1.165, 1.54) is 0 Å². The van der Waals surface area contributed by atoms with Crippen LogP contribution in [0.1, 0.15) is 31.0 Å². The Kier molecular flexibility index (Phi) is 5.02. The summed E-state index contributed by atoms with van der Waals surface area (Å²) in [6, 6.07) is 10.0.